The number of hydroxylamine groups is 1. The molecule has 1 N–H and O–H groups in total. The fourth-order valence-corrected chi connectivity index (χ4v) is 2.33. The van der Waals surface area contributed by atoms with E-state index in [1.807, 2.05) is 20.8 Å². The number of rotatable bonds is 3. The fourth-order valence-electron chi connectivity index (χ4n) is 2.33. The van der Waals surface area contributed by atoms with E-state index in [0.717, 1.165) is 12.0 Å². The van der Waals surface area contributed by atoms with Crippen molar-refractivity contribution in [3.63, 3.8) is 0 Å². The molecule has 1 aromatic rings. The summed E-state index contributed by atoms with van der Waals surface area (Å²) in [6, 6.07) is 6.40. The van der Waals surface area contributed by atoms with Gasteiger partial charge in [-0.15, -0.1) is 0 Å². The Morgan fingerprint density at radius 1 is 1.21 bits per heavy atom. The van der Waals surface area contributed by atoms with Crippen LogP contribution in [0, 0.1) is 0 Å². The number of carbonyl (C=O) groups is 1. The van der Waals surface area contributed by atoms with Crippen LogP contribution in [0.25, 0.3) is 0 Å². The van der Waals surface area contributed by atoms with Gasteiger partial charge in [0.05, 0.1) is 12.0 Å². The molecule has 1 aromatic carbocycles. The molecule has 3 heteroatoms. The maximum Gasteiger partial charge on any atom is 0.247 e. The minimum atomic E-state index is -0.356. The Morgan fingerprint density at radius 2 is 1.89 bits per heavy atom. The van der Waals surface area contributed by atoms with Crippen LogP contribution in [0.15, 0.2) is 18.2 Å². The summed E-state index contributed by atoms with van der Waals surface area (Å²) in [7, 11) is 0. The standard InChI is InChI=1S/C16H23NO2/c1-16(2,3)19-17-15(18)11-12-8-9-13-6-4-5-7-14(13)10-12/h8-10H,4-7,11H2,1-3H3,(H,17,18). The van der Waals surface area contributed by atoms with Crippen LogP contribution in [0.4, 0.5) is 0 Å². The summed E-state index contributed by atoms with van der Waals surface area (Å²) >= 11 is 0. The molecule has 0 unspecified atom stereocenters. The van der Waals surface area contributed by atoms with Crippen molar-refractivity contribution in [2.24, 2.45) is 0 Å². The molecule has 1 aliphatic carbocycles. The molecule has 0 aliphatic heterocycles. The second-order valence-corrected chi connectivity index (χ2v) is 6.23. The summed E-state index contributed by atoms with van der Waals surface area (Å²) in [5.41, 5.74) is 6.08. The van der Waals surface area contributed by atoms with Crippen LogP contribution in [-0.4, -0.2) is 11.5 Å². The summed E-state index contributed by atoms with van der Waals surface area (Å²) in [5.74, 6) is -0.0920. The second-order valence-electron chi connectivity index (χ2n) is 6.23. The van der Waals surface area contributed by atoms with E-state index in [-0.39, 0.29) is 11.5 Å². The average molecular weight is 261 g/mol. The molecule has 0 saturated heterocycles. The number of benzene rings is 1. The number of nitrogens with one attached hydrogen (secondary N) is 1. The quantitative estimate of drug-likeness (QED) is 0.850. The highest BCUT2D eigenvalue weighted by Gasteiger charge is 2.14. The molecule has 1 aliphatic rings. The lowest BCUT2D eigenvalue weighted by atomic mass is 9.90. The Labute approximate surface area is 115 Å². The number of amides is 1. The highest BCUT2D eigenvalue weighted by atomic mass is 16.7. The van der Waals surface area contributed by atoms with E-state index in [0.29, 0.717) is 6.42 Å². The number of fused-ring (bicyclic) bond motifs is 1. The van der Waals surface area contributed by atoms with Gasteiger partial charge >= 0.3 is 0 Å². The minimum absolute atomic E-state index is 0.0920. The van der Waals surface area contributed by atoms with Crippen LogP contribution >= 0.6 is 0 Å². The third-order valence-electron chi connectivity index (χ3n) is 3.25. The predicted molar refractivity (Wildman–Crippen MR) is 75.8 cm³/mol. The summed E-state index contributed by atoms with van der Waals surface area (Å²) < 4.78 is 0. The van der Waals surface area contributed by atoms with Gasteiger partial charge in [-0.05, 0) is 63.1 Å². The zero-order chi connectivity index (χ0) is 13.9. The molecule has 1 amide bonds. The van der Waals surface area contributed by atoms with Gasteiger partial charge in [-0.3, -0.25) is 9.63 Å². The zero-order valence-corrected chi connectivity index (χ0v) is 12.1. The normalized spacial score (nSPS) is 14.9. The van der Waals surface area contributed by atoms with Crippen molar-refractivity contribution in [1.29, 1.82) is 0 Å². The Balaban J connectivity index is 1.94. The van der Waals surface area contributed by atoms with Gasteiger partial charge in [-0.1, -0.05) is 18.2 Å². The lowest BCUT2D eigenvalue weighted by molar-refractivity contribution is -0.144. The molecule has 0 bridgehead atoms. The van der Waals surface area contributed by atoms with Gasteiger partial charge in [0.15, 0.2) is 0 Å². The molecule has 2 rings (SSSR count). The average Bonchev–Trinajstić information content (AvgIpc) is 2.35. The summed E-state index contributed by atoms with van der Waals surface area (Å²) in [5, 5.41) is 0. The van der Waals surface area contributed by atoms with Crippen LogP contribution in [0.1, 0.15) is 50.3 Å². The second kappa shape index (κ2) is 5.74. The van der Waals surface area contributed by atoms with Crippen LogP contribution in [-0.2, 0) is 28.9 Å². The van der Waals surface area contributed by atoms with Crippen LogP contribution in [0.2, 0.25) is 0 Å². The van der Waals surface area contributed by atoms with Gasteiger partial charge in [-0.2, -0.15) is 0 Å². The maximum atomic E-state index is 11.8. The van der Waals surface area contributed by atoms with E-state index >= 15 is 0 Å². The Kier molecular flexibility index (Phi) is 4.25. The number of aryl methyl sites for hydroxylation is 2. The summed E-state index contributed by atoms with van der Waals surface area (Å²) in [6.45, 7) is 5.73. The molecule has 19 heavy (non-hydrogen) atoms. The van der Waals surface area contributed by atoms with Crippen molar-refractivity contribution in [3.05, 3.63) is 34.9 Å². The maximum absolute atomic E-state index is 11.8. The third kappa shape index (κ3) is 4.35. The van der Waals surface area contributed by atoms with Gasteiger partial charge < -0.3 is 0 Å². The van der Waals surface area contributed by atoms with Crippen molar-refractivity contribution in [3.8, 4) is 0 Å². The van der Waals surface area contributed by atoms with Crippen molar-refractivity contribution in [2.45, 2.75) is 58.5 Å². The van der Waals surface area contributed by atoms with Gasteiger partial charge in [0.2, 0.25) is 5.91 Å². The molecule has 0 saturated carbocycles. The number of hydrogen-bond donors (Lipinski definition) is 1. The van der Waals surface area contributed by atoms with E-state index in [2.05, 4.69) is 23.7 Å². The van der Waals surface area contributed by atoms with Crippen molar-refractivity contribution in [1.82, 2.24) is 5.48 Å². The van der Waals surface area contributed by atoms with Gasteiger partial charge in [0.25, 0.3) is 0 Å². The highest BCUT2D eigenvalue weighted by Crippen LogP contribution is 2.22. The van der Waals surface area contributed by atoms with Crippen molar-refractivity contribution in [2.75, 3.05) is 0 Å². The molecule has 0 atom stereocenters. The topological polar surface area (TPSA) is 38.3 Å². The van der Waals surface area contributed by atoms with Crippen molar-refractivity contribution >= 4 is 5.91 Å². The van der Waals surface area contributed by atoms with E-state index in [4.69, 9.17) is 4.84 Å². The molecule has 0 radical (unpaired) electrons. The first-order chi connectivity index (χ1) is 8.94. The first kappa shape index (κ1) is 14.1. The lowest BCUT2D eigenvalue weighted by Crippen LogP contribution is -2.34. The Hall–Kier alpha value is -1.35. The predicted octanol–water partition coefficient (Wildman–Crippen LogP) is 2.95. The van der Waals surface area contributed by atoms with Gasteiger partial charge in [0, 0.05) is 0 Å². The van der Waals surface area contributed by atoms with E-state index in [1.165, 1.54) is 30.4 Å². The first-order valence-corrected chi connectivity index (χ1v) is 7.01. The van der Waals surface area contributed by atoms with E-state index in [1.54, 1.807) is 0 Å². The Bertz CT molecular complexity index is 460. The largest absolute Gasteiger partial charge is 0.272 e. The number of carbonyl (C=O) groups excluding carboxylic acids is 1. The van der Waals surface area contributed by atoms with E-state index in [9.17, 15) is 4.79 Å². The Morgan fingerprint density at radius 3 is 2.58 bits per heavy atom. The van der Waals surface area contributed by atoms with Crippen LogP contribution in [0.5, 0.6) is 0 Å². The SMILES string of the molecule is CC(C)(C)ONC(=O)Cc1ccc2c(c1)CCCC2. The minimum Gasteiger partial charge on any atom is -0.272 e. The molecule has 3 nitrogen and oxygen atoms in total. The van der Waals surface area contributed by atoms with Crippen LogP contribution < -0.4 is 5.48 Å². The molecule has 104 valence electrons. The van der Waals surface area contributed by atoms with Gasteiger partial charge in [0.1, 0.15) is 0 Å². The molecular weight excluding hydrogens is 238 g/mol. The van der Waals surface area contributed by atoms with Crippen LogP contribution in [0.3, 0.4) is 0 Å². The molecule has 0 spiro atoms. The van der Waals surface area contributed by atoms with Gasteiger partial charge in [-0.25, -0.2) is 5.48 Å². The molecule has 0 fully saturated rings. The number of hydrogen-bond acceptors (Lipinski definition) is 2. The smallest absolute Gasteiger partial charge is 0.247 e. The lowest BCUT2D eigenvalue weighted by Gasteiger charge is -2.19. The van der Waals surface area contributed by atoms with E-state index < -0.39 is 0 Å². The fraction of sp³-hybridized carbons (Fsp3) is 0.562. The monoisotopic (exact) mass is 261 g/mol. The molecule has 0 heterocycles. The molecule has 0 aromatic heterocycles. The molecular formula is C16H23NO2. The highest BCUT2D eigenvalue weighted by molar-refractivity contribution is 5.77. The zero-order valence-electron chi connectivity index (χ0n) is 12.1. The first-order valence-electron chi connectivity index (χ1n) is 7.01. The summed E-state index contributed by atoms with van der Waals surface area (Å²) in [6.07, 6.45) is 5.24. The summed E-state index contributed by atoms with van der Waals surface area (Å²) in [4.78, 5) is 17.1. The van der Waals surface area contributed by atoms with Crippen molar-refractivity contribution < 1.29 is 9.63 Å². The third-order valence-corrected chi connectivity index (χ3v) is 3.25.